The lowest BCUT2D eigenvalue weighted by atomic mass is 10.2. The van der Waals surface area contributed by atoms with Gasteiger partial charge in [-0.3, -0.25) is 0 Å². The lowest BCUT2D eigenvalue weighted by Crippen LogP contribution is -2.25. The van der Waals surface area contributed by atoms with Crippen LogP contribution in [0, 0.1) is 0 Å². The maximum absolute atomic E-state index is 5.99. The Morgan fingerprint density at radius 2 is 1.83 bits per heavy atom. The summed E-state index contributed by atoms with van der Waals surface area (Å²) < 4.78 is 11.0. The Morgan fingerprint density at radius 3 is 2.44 bits per heavy atom. The van der Waals surface area contributed by atoms with Crippen molar-refractivity contribution in [3.8, 4) is 5.75 Å². The van der Waals surface area contributed by atoms with Crippen LogP contribution in [0.1, 0.15) is 13.3 Å². The van der Waals surface area contributed by atoms with Crippen LogP contribution in [0.3, 0.4) is 0 Å². The summed E-state index contributed by atoms with van der Waals surface area (Å²) in [5.74, 6) is 0.512. The predicted molar refractivity (Wildman–Crippen MR) is 76.1 cm³/mol. The Bertz CT molecular complexity index is 388. The summed E-state index contributed by atoms with van der Waals surface area (Å²) in [7, 11) is 0. The van der Waals surface area contributed by atoms with Crippen molar-refractivity contribution in [3.63, 3.8) is 0 Å². The zero-order valence-corrected chi connectivity index (χ0v) is 12.4. The van der Waals surface area contributed by atoms with Crippen molar-refractivity contribution in [2.75, 3.05) is 19.8 Å². The monoisotopic (exact) mass is 311 g/mol. The second-order valence-corrected chi connectivity index (χ2v) is 4.87. The number of benzene rings is 1. The first kappa shape index (κ1) is 15.9. The molecule has 1 unspecified atom stereocenters. The number of hydrogen-bond acceptors (Lipinski definition) is 3. The van der Waals surface area contributed by atoms with Gasteiger partial charge in [0, 0.05) is 25.6 Å². The van der Waals surface area contributed by atoms with Gasteiger partial charge in [0.2, 0.25) is 0 Å². The first-order valence-electron chi connectivity index (χ1n) is 5.67. The quantitative estimate of drug-likeness (QED) is 0.779. The molecular weight excluding hydrogens is 296 g/mol. The molecule has 0 saturated heterocycles. The van der Waals surface area contributed by atoms with Gasteiger partial charge in [-0.15, -0.1) is 0 Å². The van der Waals surface area contributed by atoms with Gasteiger partial charge in [0.15, 0.2) is 0 Å². The Hall–Kier alpha value is -0.190. The molecule has 0 aliphatic carbocycles. The molecule has 102 valence electrons. The van der Waals surface area contributed by atoms with Gasteiger partial charge in [-0.1, -0.05) is 34.8 Å². The van der Waals surface area contributed by atoms with Crippen LogP contribution in [0.4, 0.5) is 0 Å². The van der Waals surface area contributed by atoms with Crippen LogP contribution >= 0.6 is 34.8 Å². The summed E-state index contributed by atoms with van der Waals surface area (Å²) in [6, 6.07) is 3.16. The van der Waals surface area contributed by atoms with Gasteiger partial charge in [-0.05, 0) is 13.0 Å². The number of halogens is 3. The van der Waals surface area contributed by atoms with Crippen LogP contribution in [0.2, 0.25) is 15.1 Å². The zero-order chi connectivity index (χ0) is 13.5. The number of ether oxygens (including phenoxy) is 2. The van der Waals surface area contributed by atoms with E-state index in [9.17, 15) is 0 Å². The Balaban J connectivity index is 2.51. The maximum Gasteiger partial charge on any atom is 0.139 e. The van der Waals surface area contributed by atoms with E-state index in [4.69, 9.17) is 50.0 Å². The van der Waals surface area contributed by atoms with Crippen LogP contribution in [0.15, 0.2) is 12.1 Å². The van der Waals surface area contributed by atoms with Crippen LogP contribution < -0.4 is 10.5 Å². The van der Waals surface area contributed by atoms with E-state index in [1.54, 1.807) is 12.1 Å². The highest BCUT2D eigenvalue weighted by atomic mass is 35.5. The third kappa shape index (κ3) is 4.82. The molecule has 1 atom stereocenters. The summed E-state index contributed by atoms with van der Waals surface area (Å²) in [5.41, 5.74) is 5.57. The van der Waals surface area contributed by atoms with Crippen molar-refractivity contribution < 1.29 is 9.47 Å². The summed E-state index contributed by atoms with van der Waals surface area (Å²) in [4.78, 5) is 0. The van der Waals surface area contributed by atoms with Crippen molar-refractivity contribution in [2.24, 2.45) is 5.73 Å². The minimum absolute atomic E-state index is 0.00320. The SMILES string of the molecule is CCOC(CN)CCOc1cc(Cl)c(Cl)cc1Cl. The van der Waals surface area contributed by atoms with E-state index in [0.717, 1.165) is 0 Å². The van der Waals surface area contributed by atoms with Gasteiger partial charge in [0.1, 0.15) is 5.75 Å². The Labute approximate surface area is 122 Å². The zero-order valence-electron chi connectivity index (χ0n) is 10.1. The fourth-order valence-corrected chi connectivity index (χ4v) is 2.01. The highest BCUT2D eigenvalue weighted by Crippen LogP contribution is 2.33. The molecule has 1 rings (SSSR count). The van der Waals surface area contributed by atoms with Gasteiger partial charge in [0.05, 0.1) is 27.8 Å². The van der Waals surface area contributed by atoms with Crippen LogP contribution in [0.5, 0.6) is 5.75 Å². The molecule has 2 N–H and O–H groups in total. The molecule has 0 fully saturated rings. The van der Waals surface area contributed by atoms with E-state index in [1.807, 2.05) is 6.92 Å². The first-order valence-corrected chi connectivity index (χ1v) is 6.80. The van der Waals surface area contributed by atoms with Gasteiger partial charge in [-0.25, -0.2) is 0 Å². The van der Waals surface area contributed by atoms with E-state index in [0.29, 0.717) is 47.0 Å². The second-order valence-electron chi connectivity index (χ2n) is 3.65. The lowest BCUT2D eigenvalue weighted by Gasteiger charge is -2.15. The minimum atomic E-state index is -0.00320. The van der Waals surface area contributed by atoms with Crippen molar-refractivity contribution in [1.82, 2.24) is 0 Å². The predicted octanol–water partition coefficient (Wildman–Crippen LogP) is 3.78. The van der Waals surface area contributed by atoms with E-state index >= 15 is 0 Å². The first-order chi connectivity index (χ1) is 8.58. The maximum atomic E-state index is 5.99. The van der Waals surface area contributed by atoms with Crippen molar-refractivity contribution in [1.29, 1.82) is 0 Å². The molecule has 0 aliphatic heterocycles. The highest BCUT2D eigenvalue weighted by Gasteiger charge is 2.09. The molecule has 0 bridgehead atoms. The molecule has 0 aromatic heterocycles. The highest BCUT2D eigenvalue weighted by molar-refractivity contribution is 6.43. The van der Waals surface area contributed by atoms with Crippen LogP contribution in [-0.2, 0) is 4.74 Å². The molecule has 18 heavy (non-hydrogen) atoms. The van der Waals surface area contributed by atoms with Gasteiger partial charge < -0.3 is 15.2 Å². The molecule has 6 heteroatoms. The molecule has 0 amide bonds. The summed E-state index contributed by atoms with van der Waals surface area (Å²) in [5, 5.41) is 1.25. The molecule has 3 nitrogen and oxygen atoms in total. The van der Waals surface area contributed by atoms with Gasteiger partial charge in [-0.2, -0.15) is 0 Å². The fourth-order valence-electron chi connectivity index (χ4n) is 1.42. The lowest BCUT2D eigenvalue weighted by molar-refractivity contribution is 0.0527. The normalized spacial score (nSPS) is 12.5. The number of rotatable bonds is 7. The smallest absolute Gasteiger partial charge is 0.139 e. The molecule has 0 heterocycles. The van der Waals surface area contributed by atoms with E-state index in [1.165, 1.54) is 0 Å². The van der Waals surface area contributed by atoms with Crippen molar-refractivity contribution >= 4 is 34.8 Å². The molecule has 0 spiro atoms. The molecule has 0 radical (unpaired) electrons. The van der Waals surface area contributed by atoms with Crippen LogP contribution in [0.25, 0.3) is 0 Å². The fraction of sp³-hybridized carbons (Fsp3) is 0.500. The van der Waals surface area contributed by atoms with E-state index < -0.39 is 0 Å². The summed E-state index contributed by atoms with van der Waals surface area (Å²) in [6.07, 6.45) is 0.692. The molecule has 0 aliphatic rings. The van der Waals surface area contributed by atoms with Crippen molar-refractivity contribution in [2.45, 2.75) is 19.4 Å². The molecule has 1 aromatic rings. The summed E-state index contributed by atoms with van der Waals surface area (Å²) in [6.45, 7) is 3.49. The Kier molecular flexibility index (Phi) is 7.12. The van der Waals surface area contributed by atoms with E-state index in [2.05, 4.69) is 0 Å². The Morgan fingerprint density at radius 1 is 1.17 bits per heavy atom. The molecule has 1 aromatic carbocycles. The van der Waals surface area contributed by atoms with Gasteiger partial charge in [0.25, 0.3) is 0 Å². The largest absolute Gasteiger partial charge is 0.492 e. The van der Waals surface area contributed by atoms with Crippen molar-refractivity contribution in [3.05, 3.63) is 27.2 Å². The third-order valence-electron chi connectivity index (χ3n) is 2.34. The average molecular weight is 313 g/mol. The molecule has 0 saturated carbocycles. The third-order valence-corrected chi connectivity index (χ3v) is 3.35. The average Bonchev–Trinajstić information content (AvgIpc) is 2.34. The van der Waals surface area contributed by atoms with Gasteiger partial charge >= 0.3 is 0 Å². The van der Waals surface area contributed by atoms with E-state index in [-0.39, 0.29) is 6.10 Å². The number of hydrogen-bond donors (Lipinski definition) is 1. The minimum Gasteiger partial charge on any atom is -0.492 e. The standard InChI is InChI=1S/C12H16Cl3NO2/c1-2-17-8(7-16)3-4-18-12-6-10(14)9(13)5-11(12)15/h5-6,8H,2-4,7,16H2,1H3. The molecular formula is C12H16Cl3NO2. The second kappa shape index (κ2) is 8.08. The topological polar surface area (TPSA) is 44.5 Å². The summed E-state index contributed by atoms with van der Waals surface area (Å²) >= 11 is 17.7. The number of nitrogens with two attached hydrogens (primary N) is 1. The van der Waals surface area contributed by atoms with Crippen LogP contribution in [-0.4, -0.2) is 25.9 Å².